The van der Waals surface area contributed by atoms with Gasteiger partial charge in [0.15, 0.2) is 0 Å². The highest BCUT2D eigenvalue weighted by atomic mass is 16.1. The van der Waals surface area contributed by atoms with Crippen LogP contribution in [0.2, 0.25) is 0 Å². The Morgan fingerprint density at radius 1 is 1.27 bits per heavy atom. The van der Waals surface area contributed by atoms with E-state index in [4.69, 9.17) is 5.73 Å². The molecule has 0 aliphatic heterocycles. The van der Waals surface area contributed by atoms with Crippen molar-refractivity contribution in [3.8, 4) is 0 Å². The molecule has 0 atom stereocenters. The summed E-state index contributed by atoms with van der Waals surface area (Å²) in [7, 11) is 1.67. The van der Waals surface area contributed by atoms with Crippen molar-refractivity contribution in [1.29, 1.82) is 0 Å². The fourth-order valence-corrected chi connectivity index (χ4v) is 1.42. The SMILES string of the molecule is CNC(=O)CCCCc1ccc(N)cc1. The summed E-state index contributed by atoms with van der Waals surface area (Å²) in [5.41, 5.74) is 7.66. The van der Waals surface area contributed by atoms with Gasteiger partial charge in [-0.2, -0.15) is 0 Å². The predicted octanol–water partition coefficient (Wildman–Crippen LogP) is 1.73. The van der Waals surface area contributed by atoms with E-state index in [0.717, 1.165) is 24.9 Å². The fourth-order valence-electron chi connectivity index (χ4n) is 1.42. The zero-order valence-corrected chi connectivity index (χ0v) is 9.12. The maximum Gasteiger partial charge on any atom is 0.219 e. The van der Waals surface area contributed by atoms with Crippen LogP contribution in [0.3, 0.4) is 0 Å². The van der Waals surface area contributed by atoms with E-state index in [1.54, 1.807) is 7.05 Å². The number of benzene rings is 1. The number of unbranched alkanes of at least 4 members (excludes halogenated alkanes) is 1. The highest BCUT2D eigenvalue weighted by Gasteiger charge is 1.98. The topological polar surface area (TPSA) is 55.1 Å². The average molecular weight is 206 g/mol. The molecule has 0 bridgehead atoms. The van der Waals surface area contributed by atoms with Crippen molar-refractivity contribution < 1.29 is 4.79 Å². The Morgan fingerprint density at radius 2 is 1.93 bits per heavy atom. The first-order valence-corrected chi connectivity index (χ1v) is 5.27. The average Bonchev–Trinajstić information content (AvgIpc) is 2.26. The number of aryl methyl sites for hydroxylation is 1. The molecule has 15 heavy (non-hydrogen) atoms. The number of nitrogens with two attached hydrogens (primary N) is 1. The van der Waals surface area contributed by atoms with E-state index in [1.807, 2.05) is 24.3 Å². The van der Waals surface area contributed by atoms with Gasteiger partial charge in [-0.3, -0.25) is 4.79 Å². The van der Waals surface area contributed by atoms with E-state index in [0.29, 0.717) is 6.42 Å². The zero-order chi connectivity index (χ0) is 11.1. The second kappa shape index (κ2) is 6.06. The monoisotopic (exact) mass is 206 g/mol. The number of nitrogen functional groups attached to an aromatic ring is 1. The van der Waals surface area contributed by atoms with E-state index in [9.17, 15) is 4.79 Å². The van der Waals surface area contributed by atoms with E-state index in [1.165, 1.54) is 5.56 Å². The highest BCUT2D eigenvalue weighted by Crippen LogP contribution is 2.09. The van der Waals surface area contributed by atoms with Crippen LogP contribution in [-0.4, -0.2) is 13.0 Å². The largest absolute Gasteiger partial charge is 0.399 e. The van der Waals surface area contributed by atoms with Crippen LogP contribution in [0.5, 0.6) is 0 Å². The lowest BCUT2D eigenvalue weighted by Gasteiger charge is -2.02. The van der Waals surface area contributed by atoms with Crippen molar-refractivity contribution in [2.75, 3.05) is 12.8 Å². The number of amides is 1. The molecule has 0 aliphatic carbocycles. The molecule has 0 heterocycles. The molecule has 0 saturated carbocycles. The van der Waals surface area contributed by atoms with Gasteiger partial charge in [0.2, 0.25) is 5.91 Å². The third kappa shape index (κ3) is 4.49. The summed E-state index contributed by atoms with van der Waals surface area (Å²) in [5.74, 6) is 0.118. The van der Waals surface area contributed by atoms with Crippen LogP contribution in [0.25, 0.3) is 0 Å². The smallest absolute Gasteiger partial charge is 0.219 e. The molecule has 1 aromatic carbocycles. The first kappa shape index (κ1) is 11.6. The Labute approximate surface area is 90.7 Å². The Hall–Kier alpha value is -1.51. The van der Waals surface area contributed by atoms with Crippen molar-refractivity contribution in [3.63, 3.8) is 0 Å². The number of rotatable bonds is 5. The summed E-state index contributed by atoms with van der Waals surface area (Å²) in [4.78, 5) is 10.9. The maximum atomic E-state index is 10.9. The third-order valence-electron chi connectivity index (χ3n) is 2.38. The fraction of sp³-hybridized carbons (Fsp3) is 0.417. The summed E-state index contributed by atoms with van der Waals surface area (Å²) in [6.07, 6.45) is 3.60. The van der Waals surface area contributed by atoms with E-state index < -0.39 is 0 Å². The van der Waals surface area contributed by atoms with Crippen LogP contribution < -0.4 is 11.1 Å². The van der Waals surface area contributed by atoms with Gasteiger partial charge in [-0.1, -0.05) is 12.1 Å². The van der Waals surface area contributed by atoms with Gasteiger partial charge in [-0.25, -0.2) is 0 Å². The van der Waals surface area contributed by atoms with E-state index in [-0.39, 0.29) is 5.91 Å². The maximum absolute atomic E-state index is 10.9. The van der Waals surface area contributed by atoms with Crippen molar-refractivity contribution >= 4 is 11.6 Å². The van der Waals surface area contributed by atoms with Crippen LogP contribution in [-0.2, 0) is 11.2 Å². The first-order valence-electron chi connectivity index (χ1n) is 5.27. The number of carbonyl (C=O) groups is 1. The molecule has 0 radical (unpaired) electrons. The third-order valence-corrected chi connectivity index (χ3v) is 2.38. The predicted molar refractivity (Wildman–Crippen MR) is 62.5 cm³/mol. The molecule has 0 aliphatic rings. The van der Waals surface area contributed by atoms with Crippen LogP contribution in [0, 0.1) is 0 Å². The molecule has 0 aromatic heterocycles. The van der Waals surface area contributed by atoms with Crippen molar-refractivity contribution in [2.45, 2.75) is 25.7 Å². The first-order chi connectivity index (χ1) is 7.22. The second-order valence-corrected chi connectivity index (χ2v) is 3.62. The molecule has 3 N–H and O–H groups in total. The molecule has 1 aromatic rings. The molecule has 0 saturated heterocycles. The number of anilines is 1. The minimum atomic E-state index is 0.118. The Kier molecular flexibility index (Phi) is 4.68. The van der Waals surface area contributed by atoms with Gasteiger partial charge in [0.25, 0.3) is 0 Å². The van der Waals surface area contributed by atoms with E-state index >= 15 is 0 Å². The number of nitrogens with one attached hydrogen (secondary N) is 1. The molecule has 0 fully saturated rings. The van der Waals surface area contributed by atoms with Gasteiger partial charge in [0.1, 0.15) is 0 Å². The van der Waals surface area contributed by atoms with Gasteiger partial charge < -0.3 is 11.1 Å². The van der Waals surface area contributed by atoms with Crippen LogP contribution in [0.15, 0.2) is 24.3 Å². The standard InChI is InChI=1S/C12H18N2O/c1-14-12(15)5-3-2-4-10-6-8-11(13)9-7-10/h6-9H,2-5,13H2,1H3,(H,14,15). The lowest BCUT2D eigenvalue weighted by Crippen LogP contribution is -2.16. The molecule has 0 unspecified atom stereocenters. The van der Waals surface area contributed by atoms with Gasteiger partial charge >= 0.3 is 0 Å². The van der Waals surface area contributed by atoms with E-state index in [2.05, 4.69) is 5.32 Å². The van der Waals surface area contributed by atoms with Crippen molar-refractivity contribution in [3.05, 3.63) is 29.8 Å². The number of hydrogen-bond donors (Lipinski definition) is 2. The summed E-state index contributed by atoms with van der Waals surface area (Å²) in [5, 5.41) is 2.62. The number of carbonyl (C=O) groups excluding carboxylic acids is 1. The molecular weight excluding hydrogens is 188 g/mol. The molecule has 1 rings (SSSR count). The molecule has 82 valence electrons. The van der Waals surface area contributed by atoms with Gasteiger partial charge in [-0.05, 0) is 37.0 Å². The summed E-state index contributed by atoms with van der Waals surface area (Å²) < 4.78 is 0. The number of hydrogen-bond acceptors (Lipinski definition) is 2. The normalized spacial score (nSPS) is 9.93. The lowest BCUT2D eigenvalue weighted by atomic mass is 10.1. The van der Waals surface area contributed by atoms with Crippen LogP contribution in [0.1, 0.15) is 24.8 Å². The second-order valence-electron chi connectivity index (χ2n) is 3.62. The molecule has 3 heteroatoms. The highest BCUT2D eigenvalue weighted by molar-refractivity contribution is 5.75. The lowest BCUT2D eigenvalue weighted by molar-refractivity contribution is -0.120. The zero-order valence-electron chi connectivity index (χ0n) is 9.12. The molecule has 3 nitrogen and oxygen atoms in total. The van der Waals surface area contributed by atoms with Crippen LogP contribution >= 0.6 is 0 Å². The molecule has 1 amide bonds. The van der Waals surface area contributed by atoms with Gasteiger partial charge in [0.05, 0.1) is 0 Å². The summed E-state index contributed by atoms with van der Waals surface area (Å²) >= 11 is 0. The van der Waals surface area contributed by atoms with Crippen LogP contribution in [0.4, 0.5) is 5.69 Å². The van der Waals surface area contributed by atoms with Crippen molar-refractivity contribution in [1.82, 2.24) is 5.32 Å². The Bertz CT molecular complexity index is 306. The molecule has 0 spiro atoms. The Morgan fingerprint density at radius 3 is 2.53 bits per heavy atom. The van der Waals surface area contributed by atoms with Gasteiger partial charge in [-0.15, -0.1) is 0 Å². The Balaban J connectivity index is 2.20. The summed E-state index contributed by atoms with van der Waals surface area (Å²) in [6.45, 7) is 0. The minimum Gasteiger partial charge on any atom is -0.399 e. The van der Waals surface area contributed by atoms with Gasteiger partial charge in [0, 0.05) is 19.2 Å². The van der Waals surface area contributed by atoms with Crippen molar-refractivity contribution in [2.24, 2.45) is 0 Å². The summed E-state index contributed by atoms with van der Waals surface area (Å²) in [6, 6.07) is 7.90. The quantitative estimate of drug-likeness (QED) is 0.569. The molecular formula is C12H18N2O. The minimum absolute atomic E-state index is 0.118.